The zero-order chi connectivity index (χ0) is 34.3. The molecule has 12 nitrogen and oxygen atoms in total. The quantitative estimate of drug-likeness (QED) is 0.249. The van der Waals surface area contributed by atoms with Gasteiger partial charge in [-0.2, -0.15) is 0 Å². The first-order valence-corrected chi connectivity index (χ1v) is 17.7. The SMILES string of the molecule is C[C@@H]1O[C@@H](O[C@@H]2C=C3CC[C@@H]4[C@H](CC[C@]5(C)[C@@H](c6ccc(=O)oc6)CC[C@]45O[C@@H]4O[C@@H](C)[C@H](O)[C@@H](O)[C@H]4O)[C@@]3(C)CC2)[C@H](O)[C@H](O)[C@H]1O. The fourth-order valence-corrected chi connectivity index (χ4v) is 10.7. The normalized spacial score (nSPS) is 52.2. The molecule has 1 aromatic heterocycles. The van der Waals surface area contributed by atoms with E-state index in [0.717, 1.165) is 44.1 Å². The number of aliphatic hydroxyl groups is 6. The highest BCUT2D eigenvalue weighted by Crippen LogP contribution is 2.71. The van der Waals surface area contributed by atoms with Crippen molar-refractivity contribution in [2.45, 2.75) is 158 Å². The van der Waals surface area contributed by atoms with Crippen LogP contribution in [0.1, 0.15) is 90.5 Å². The molecule has 2 aliphatic heterocycles. The molecule has 5 fully saturated rings. The van der Waals surface area contributed by atoms with Crippen LogP contribution in [0.15, 0.2) is 39.3 Å². The van der Waals surface area contributed by atoms with Crippen LogP contribution in [0, 0.1) is 22.7 Å². The van der Waals surface area contributed by atoms with Gasteiger partial charge in [0.25, 0.3) is 0 Å². The molecule has 0 unspecified atom stereocenters. The number of fused-ring (bicyclic) bond motifs is 5. The predicted molar refractivity (Wildman–Crippen MR) is 169 cm³/mol. The first-order valence-electron chi connectivity index (χ1n) is 17.7. The summed E-state index contributed by atoms with van der Waals surface area (Å²) >= 11 is 0. The number of allylic oxidation sites excluding steroid dienone is 1. The molecular weight excluding hydrogens is 624 g/mol. The van der Waals surface area contributed by atoms with Crippen molar-refractivity contribution in [2.75, 3.05) is 0 Å². The smallest absolute Gasteiger partial charge is 0.335 e. The van der Waals surface area contributed by atoms with Gasteiger partial charge in [-0.15, -0.1) is 0 Å². The topological polar surface area (TPSA) is 189 Å². The van der Waals surface area contributed by atoms with Gasteiger partial charge >= 0.3 is 5.63 Å². The zero-order valence-electron chi connectivity index (χ0n) is 28.2. The average Bonchev–Trinajstić information content (AvgIpc) is 3.37. The van der Waals surface area contributed by atoms with Crippen molar-refractivity contribution >= 4 is 0 Å². The maximum absolute atomic E-state index is 11.9. The summed E-state index contributed by atoms with van der Waals surface area (Å²) in [7, 11) is 0. The van der Waals surface area contributed by atoms with Crippen LogP contribution < -0.4 is 5.63 Å². The summed E-state index contributed by atoms with van der Waals surface area (Å²) in [6.07, 6.45) is -1.79. The molecule has 48 heavy (non-hydrogen) atoms. The highest BCUT2D eigenvalue weighted by atomic mass is 16.7. The highest BCUT2D eigenvalue weighted by Gasteiger charge is 2.69. The molecule has 0 aromatic carbocycles. The molecule has 3 saturated carbocycles. The Balaban J connectivity index is 1.19. The molecule has 0 amide bonds. The molecule has 2 saturated heterocycles. The van der Waals surface area contributed by atoms with E-state index in [1.54, 1.807) is 20.1 Å². The van der Waals surface area contributed by atoms with Gasteiger partial charge in [-0.25, -0.2) is 4.79 Å². The standard InChI is InChI=1S/C36H52O12/c1-17-26(38)28(40)30(42)32(45-17)47-21-9-12-34(3)20(15-21)6-7-24-23(34)10-13-35(4)22(19-5-8-25(37)44-16-19)11-14-36(24,35)48-33-31(43)29(41)27(39)18(2)46-33/h5,8,15-18,21-24,26-33,38-43H,6-7,9-14H2,1-4H3/t17-,18-,21-,22+,23-,24+,26-,27-,28+,29+,30+,31+,32-,33-,34-,35+,36-/m0/s1. The number of rotatable bonds is 5. The van der Waals surface area contributed by atoms with E-state index in [0.29, 0.717) is 12.8 Å². The number of hydrogen-bond donors (Lipinski definition) is 6. The molecule has 17 atom stereocenters. The van der Waals surface area contributed by atoms with Crippen molar-refractivity contribution in [1.29, 1.82) is 0 Å². The lowest BCUT2D eigenvalue weighted by atomic mass is 9.45. The molecule has 3 heterocycles. The monoisotopic (exact) mass is 676 g/mol. The summed E-state index contributed by atoms with van der Waals surface area (Å²) in [5.74, 6) is 0.359. The third kappa shape index (κ3) is 5.29. The van der Waals surface area contributed by atoms with E-state index < -0.39 is 78.1 Å². The van der Waals surface area contributed by atoms with Gasteiger partial charge < -0.3 is 54.0 Å². The van der Waals surface area contributed by atoms with Crippen LogP contribution in [0.25, 0.3) is 0 Å². The summed E-state index contributed by atoms with van der Waals surface area (Å²) in [5.41, 5.74) is 0.518. The van der Waals surface area contributed by atoms with Gasteiger partial charge in [-0.05, 0) is 100 Å². The molecule has 6 aliphatic rings. The van der Waals surface area contributed by atoms with E-state index in [1.807, 2.05) is 6.07 Å². The summed E-state index contributed by atoms with van der Waals surface area (Å²) in [4.78, 5) is 11.9. The fraction of sp³-hybridized carbons (Fsp3) is 0.806. The first kappa shape index (κ1) is 34.7. The summed E-state index contributed by atoms with van der Waals surface area (Å²) in [6.45, 7) is 7.88. The first-order chi connectivity index (χ1) is 22.7. The van der Waals surface area contributed by atoms with Crippen molar-refractivity contribution in [2.24, 2.45) is 22.7 Å². The largest absolute Gasteiger partial charge is 0.431 e. The van der Waals surface area contributed by atoms with E-state index in [2.05, 4.69) is 19.9 Å². The second-order valence-electron chi connectivity index (χ2n) is 15.9. The third-order valence-corrected chi connectivity index (χ3v) is 13.6. The number of ether oxygens (including phenoxy) is 4. The molecule has 0 radical (unpaired) electrons. The summed E-state index contributed by atoms with van der Waals surface area (Å²) < 4.78 is 30.5. The minimum absolute atomic E-state index is 0.0310. The molecule has 268 valence electrons. The predicted octanol–water partition coefficient (Wildman–Crippen LogP) is 1.87. The van der Waals surface area contributed by atoms with Crippen LogP contribution in [-0.2, 0) is 18.9 Å². The second-order valence-corrected chi connectivity index (χ2v) is 15.9. The van der Waals surface area contributed by atoms with Gasteiger partial charge in [0.2, 0.25) is 0 Å². The lowest BCUT2D eigenvalue weighted by Gasteiger charge is -2.64. The van der Waals surface area contributed by atoms with E-state index in [9.17, 15) is 35.4 Å². The van der Waals surface area contributed by atoms with Crippen molar-refractivity contribution < 1.29 is 54.0 Å². The van der Waals surface area contributed by atoms with Crippen molar-refractivity contribution in [3.05, 3.63) is 46.0 Å². The minimum Gasteiger partial charge on any atom is -0.431 e. The second kappa shape index (κ2) is 12.5. The Labute approximate surface area is 280 Å². The summed E-state index contributed by atoms with van der Waals surface area (Å²) in [5, 5.41) is 63.3. The van der Waals surface area contributed by atoms with E-state index in [-0.39, 0.29) is 29.3 Å². The average molecular weight is 677 g/mol. The van der Waals surface area contributed by atoms with E-state index in [4.69, 9.17) is 23.4 Å². The van der Waals surface area contributed by atoms with Crippen LogP contribution in [0.2, 0.25) is 0 Å². The molecule has 0 spiro atoms. The van der Waals surface area contributed by atoms with Gasteiger partial charge in [0.1, 0.15) is 36.6 Å². The van der Waals surface area contributed by atoms with Gasteiger partial charge in [0.05, 0.1) is 30.2 Å². The molecule has 0 bridgehead atoms. The molecule has 1 aromatic rings. The van der Waals surface area contributed by atoms with Gasteiger partial charge in [0.15, 0.2) is 12.6 Å². The third-order valence-electron chi connectivity index (χ3n) is 13.6. The lowest BCUT2D eigenvalue weighted by molar-refractivity contribution is -0.351. The van der Waals surface area contributed by atoms with Gasteiger partial charge in [-0.3, -0.25) is 0 Å². The molecular formula is C36H52O12. The fourth-order valence-electron chi connectivity index (χ4n) is 10.7. The van der Waals surface area contributed by atoms with E-state index >= 15 is 0 Å². The Hall–Kier alpha value is -1.71. The van der Waals surface area contributed by atoms with Crippen LogP contribution in [-0.4, -0.2) is 104 Å². The Morgan fingerprint density at radius 1 is 0.750 bits per heavy atom. The maximum atomic E-state index is 11.9. The zero-order valence-corrected chi connectivity index (χ0v) is 28.2. The van der Waals surface area contributed by atoms with Crippen LogP contribution in [0.4, 0.5) is 0 Å². The van der Waals surface area contributed by atoms with Crippen molar-refractivity contribution in [1.82, 2.24) is 0 Å². The van der Waals surface area contributed by atoms with E-state index in [1.165, 1.54) is 11.6 Å². The molecule has 6 N–H and O–H groups in total. The van der Waals surface area contributed by atoms with Crippen LogP contribution >= 0.6 is 0 Å². The van der Waals surface area contributed by atoms with Crippen LogP contribution in [0.5, 0.6) is 0 Å². The van der Waals surface area contributed by atoms with Crippen molar-refractivity contribution in [3.8, 4) is 0 Å². The highest BCUT2D eigenvalue weighted by molar-refractivity contribution is 5.31. The Morgan fingerprint density at radius 2 is 1.42 bits per heavy atom. The molecule has 7 rings (SSSR count). The Bertz CT molecular complexity index is 1410. The molecule has 12 heteroatoms. The maximum Gasteiger partial charge on any atom is 0.335 e. The summed E-state index contributed by atoms with van der Waals surface area (Å²) in [6, 6.07) is 3.30. The van der Waals surface area contributed by atoms with Crippen molar-refractivity contribution in [3.63, 3.8) is 0 Å². The van der Waals surface area contributed by atoms with Gasteiger partial charge in [-0.1, -0.05) is 25.5 Å². The number of hydrogen-bond acceptors (Lipinski definition) is 12. The number of aliphatic hydroxyl groups excluding tert-OH is 6. The molecule has 4 aliphatic carbocycles. The Morgan fingerprint density at radius 3 is 2.08 bits per heavy atom. The lowest BCUT2D eigenvalue weighted by Crippen LogP contribution is -2.66. The Kier molecular flexibility index (Phi) is 9.05. The van der Waals surface area contributed by atoms with Crippen LogP contribution in [0.3, 0.4) is 0 Å². The van der Waals surface area contributed by atoms with Gasteiger partial charge in [0, 0.05) is 11.5 Å². The minimum atomic E-state index is -1.43.